The van der Waals surface area contributed by atoms with Crippen molar-refractivity contribution in [1.82, 2.24) is 5.32 Å². The van der Waals surface area contributed by atoms with Crippen LogP contribution in [0.4, 0.5) is 0 Å². The molecular formula is C20H27NO4. The fraction of sp³-hybridized carbons (Fsp3) is 0.700. The van der Waals surface area contributed by atoms with E-state index in [2.05, 4.69) is 11.9 Å². The van der Waals surface area contributed by atoms with Crippen LogP contribution < -0.4 is 5.32 Å². The molecule has 0 bridgehead atoms. The zero-order valence-corrected chi connectivity index (χ0v) is 15.0. The number of rotatable bonds is 4. The summed E-state index contributed by atoms with van der Waals surface area (Å²) in [5, 5.41) is 2.40. The average molecular weight is 345 g/mol. The van der Waals surface area contributed by atoms with Crippen molar-refractivity contribution in [1.29, 1.82) is 0 Å². The molecule has 0 radical (unpaired) electrons. The van der Waals surface area contributed by atoms with Crippen LogP contribution in [0.1, 0.15) is 52.4 Å². The first-order valence-corrected chi connectivity index (χ1v) is 9.33. The van der Waals surface area contributed by atoms with E-state index in [4.69, 9.17) is 0 Å². The molecule has 0 aromatic carbocycles. The Labute approximate surface area is 148 Å². The molecule has 0 aromatic rings. The van der Waals surface area contributed by atoms with E-state index in [1.807, 2.05) is 6.92 Å². The Hall–Kier alpha value is -1.78. The molecule has 25 heavy (non-hydrogen) atoms. The van der Waals surface area contributed by atoms with Gasteiger partial charge in [0.2, 0.25) is 11.8 Å². The molecule has 2 saturated carbocycles. The Balaban J connectivity index is 1.67. The van der Waals surface area contributed by atoms with E-state index < -0.39 is 0 Å². The van der Waals surface area contributed by atoms with Gasteiger partial charge in [0, 0.05) is 17.8 Å². The van der Waals surface area contributed by atoms with Gasteiger partial charge in [-0.2, -0.15) is 0 Å². The van der Waals surface area contributed by atoms with Crippen LogP contribution in [0.5, 0.6) is 0 Å². The summed E-state index contributed by atoms with van der Waals surface area (Å²) in [6.45, 7) is 7.59. The van der Waals surface area contributed by atoms with Crippen molar-refractivity contribution < 1.29 is 19.2 Å². The van der Waals surface area contributed by atoms with Gasteiger partial charge in [-0.25, -0.2) is 0 Å². The lowest BCUT2D eigenvalue weighted by molar-refractivity contribution is -0.134. The maximum atomic E-state index is 13.0. The first-order valence-electron chi connectivity index (χ1n) is 9.33. The number of ketones is 2. The molecule has 2 aliphatic carbocycles. The smallest absolute Gasteiger partial charge is 0.230 e. The van der Waals surface area contributed by atoms with Crippen LogP contribution in [-0.2, 0) is 19.2 Å². The van der Waals surface area contributed by atoms with E-state index in [-0.39, 0.29) is 58.9 Å². The molecule has 136 valence electrons. The minimum Gasteiger partial charge on any atom is -0.300 e. The Morgan fingerprint density at radius 1 is 0.880 bits per heavy atom. The number of carbonyl (C=O) groups excluding carboxylic acids is 4. The van der Waals surface area contributed by atoms with Crippen molar-refractivity contribution in [2.45, 2.75) is 52.4 Å². The van der Waals surface area contributed by atoms with Crippen LogP contribution in [-0.4, -0.2) is 23.4 Å². The second-order valence-electron chi connectivity index (χ2n) is 8.16. The van der Waals surface area contributed by atoms with Crippen LogP contribution in [0.3, 0.4) is 0 Å². The molecule has 1 aliphatic heterocycles. The molecule has 3 aliphatic rings. The second-order valence-corrected chi connectivity index (χ2v) is 8.16. The van der Waals surface area contributed by atoms with Crippen molar-refractivity contribution in [3.8, 4) is 0 Å². The number of Topliss-reactive ketones (excluding diaryl/α,β-unsaturated/α-hetero) is 2. The summed E-state index contributed by atoms with van der Waals surface area (Å²) in [7, 11) is 0. The highest BCUT2D eigenvalue weighted by atomic mass is 16.2. The Kier molecular flexibility index (Phi) is 4.94. The number of carbonyl (C=O) groups is 4. The number of fused-ring (bicyclic) bond motifs is 1. The number of nitrogens with one attached hydrogen (secondary N) is 1. The molecule has 3 fully saturated rings. The van der Waals surface area contributed by atoms with Crippen LogP contribution in [0.15, 0.2) is 12.2 Å². The molecule has 0 spiro atoms. The van der Waals surface area contributed by atoms with E-state index in [1.54, 1.807) is 6.92 Å². The molecule has 5 heteroatoms. The number of allylic oxidation sites excluding steroid dienone is 1. The standard InChI is InChI=1S/C20H27NO4/c1-10(2)16-8-12(4-6-14(16)11(3)22)18(23)13-5-7-15-17(9-13)20(25)21-19(15)24/h12-17H,1,4-9H2,2-3H3,(H,21,24,25). The van der Waals surface area contributed by atoms with Gasteiger partial charge in [0.1, 0.15) is 11.6 Å². The number of imide groups is 1. The van der Waals surface area contributed by atoms with Gasteiger partial charge >= 0.3 is 0 Å². The Bertz CT molecular complexity index is 638. The molecule has 0 aromatic heterocycles. The Morgan fingerprint density at radius 3 is 2.12 bits per heavy atom. The molecule has 6 unspecified atom stereocenters. The number of hydrogen-bond donors (Lipinski definition) is 1. The lowest BCUT2D eigenvalue weighted by Crippen LogP contribution is -2.38. The highest BCUT2D eigenvalue weighted by molar-refractivity contribution is 6.05. The van der Waals surface area contributed by atoms with E-state index in [9.17, 15) is 19.2 Å². The van der Waals surface area contributed by atoms with Gasteiger partial charge in [0.25, 0.3) is 0 Å². The first kappa shape index (κ1) is 18.0. The summed E-state index contributed by atoms with van der Waals surface area (Å²) in [6.07, 6.45) is 3.96. The van der Waals surface area contributed by atoms with Crippen molar-refractivity contribution in [2.75, 3.05) is 0 Å². The van der Waals surface area contributed by atoms with Crippen molar-refractivity contribution in [3.05, 3.63) is 12.2 Å². The van der Waals surface area contributed by atoms with Gasteiger partial charge in [-0.3, -0.25) is 24.5 Å². The normalized spacial score (nSPS) is 38.0. The van der Waals surface area contributed by atoms with Gasteiger partial charge in [0.15, 0.2) is 0 Å². The van der Waals surface area contributed by atoms with Crippen molar-refractivity contribution in [3.63, 3.8) is 0 Å². The molecule has 2 amide bonds. The maximum absolute atomic E-state index is 13.0. The molecule has 5 nitrogen and oxygen atoms in total. The monoisotopic (exact) mass is 345 g/mol. The van der Waals surface area contributed by atoms with Gasteiger partial charge in [-0.05, 0) is 58.3 Å². The minimum atomic E-state index is -0.333. The highest BCUT2D eigenvalue weighted by Gasteiger charge is 2.48. The fourth-order valence-electron chi connectivity index (χ4n) is 5.13. The topological polar surface area (TPSA) is 80.3 Å². The summed E-state index contributed by atoms with van der Waals surface area (Å²) in [4.78, 5) is 48.6. The molecule has 3 rings (SSSR count). The summed E-state index contributed by atoms with van der Waals surface area (Å²) in [6, 6.07) is 0. The summed E-state index contributed by atoms with van der Waals surface area (Å²) < 4.78 is 0. The highest BCUT2D eigenvalue weighted by Crippen LogP contribution is 2.43. The first-order chi connectivity index (χ1) is 11.8. The van der Waals surface area contributed by atoms with Crippen LogP contribution in [0.2, 0.25) is 0 Å². The predicted octanol–water partition coefficient (Wildman–Crippen LogP) is 2.44. The van der Waals surface area contributed by atoms with Gasteiger partial charge in [-0.1, -0.05) is 12.2 Å². The zero-order chi connectivity index (χ0) is 18.3. The molecular weight excluding hydrogens is 318 g/mol. The van der Waals surface area contributed by atoms with Gasteiger partial charge in [0.05, 0.1) is 11.8 Å². The SMILES string of the molecule is C=C(C)C1CC(C(=O)C2CCC3C(=O)NC(=O)C3C2)CCC1C(C)=O. The number of amides is 2. The van der Waals surface area contributed by atoms with Crippen LogP contribution >= 0.6 is 0 Å². The molecule has 1 heterocycles. The molecule has 1 saturated heterocycles. The third-order valence-corrected chi connectivity index (χ3v) is 6.58. The maximum Gasteiger partial charge on any atom is 0.230 e. The van der Waals surface area contributed by atoms with E-state index in [0.717, 1.165) is 18.4 Å². The third-order valence-electron chi connectivity index (χ3n) is 6.58. The van der Waals surface area contributed by atoms with E-state index in [0.29, 0.717) is 25.7 Å². The average Bonchev–Trinajstić information content (AvgIpc) is 2.87. The quantitative estimate of drug-likeness (QED) is 0.627. The Morgan fingerprint density at radius 2 is 1.48 bits per heavy atom. The summed E-state index contributed by atoms with van der Waals surface area (Å²) in [5.74, 6) is -0.698. The third kappa shape index (κ3) is 3.33. The fourth-order valence-corrected chi connectivity index (χ4v) is 5.13. The van der Waals surface area contributed by atoms with Crippen molar-refractivity contribution >= 4 is 23.4 Å². The lowest BCUT2D eigenvalue weighted by Gasteiger charge is -2.37. The zero-order valence-electron chi connectivity index (χ0n) is 15.0. The minimum absolute atomic E-state index is 0.0180. The molecule has 6 atom stereocenters. The van der Waals surface area contributed by atoms with Crippen molar-refractivity contribution in [2.24, 2.45) is 35.5 Å². The van der Waals surface area contributed by atoms with Gasteiger partial charge < -0.3 is 0 Å². The lowest BCUT2D eigenvalue weighted by atomic mass is 9.65. The van der Waals surface area contributed by atoms with Gasteiger partial charge in [-0.15, -0.1) is 0 Å². The van der Waals surface area contributed by atoms with Crippen LogP contribution in [0, 0.1) is 35.5 Å². The summed E-state index contributed by atoms with van der Waals surface area (Å²) >= 11 is 0. The predicted molar refractivity (Wildman–Crippen MR) is 92.3 cm³/mol. The number of hydrogen-bond acceptors (Lipinski definition) is 4. The van der Waals surface area contributed by atoms with Crippen LogP contribution in [0.25, 0.3) is 0 Å². The van der Waals surface area contributed by atoms with E-state index >= 15 is 0 Å². The summed E-state index contributed by atoms with van der Waals surface area (Å²) in [5.41, 5.74) is 0.974. The second kappa shape index (κ2) is 6.85. The van der Waals surface area contributed by atoms with E-state index in [1.165, 1.54) is 0 Å². The largest absolute Gasteiger partial charge is 0.300 e. The molecule has 1 N–H and O–H groups in total.